The number of carbonyl (C=O) groups is 1. The van der Waals surface area contributed by atoms with Crippen LogP contribution < -0.4 is 0 Å². The number of hydrogen-bond donors (Lipinski definition) is 1. The van der Waals surface area contributed by atoms with E-state index in [0.29, 0.717) is 0 Å². The van der Waals surface area contributed by atoms with Crippen LogP contribution in [0.4, 0.5) is 0 Å². The molecule has 0 radical (unpaired) electrons. The van der Waals surface area contributed by atoms with Crippen molar-refractivity contribution in [3.05, 3.63) is 0 Å². The van der Waals surface area contributed by atoms with Gasteiger partial charge in [-0.3, -0.25) is 4.79 Å². The highest BCUT2D eigenvalue weighted by molar-refractivity contribution is 7.88. The van der Waals surface area contributed by atoms with E-state index in [9.17, 15) is 18.3 Å². The highest BCUT2D eigenvalue weighted by Gasteiger charge is 2.37. The first kappa shape index (κ1) is 14.4. The summed E-state index contributed by atoms with van der Waals surface area (Å²) in [4.78, 5) is 11.3. The quantitative estimate of drug-likeness (QED) is 0.707. The lowest BCUT2D eigenvalue weighted by molar-refractivity contribution is -0.150. The molecule has 0 aliphatic carbocycles. The third-order valence-corrected chi connectivity index (χ3v) is 4.20. The highest BCUT2D eigenvalue weighted by atomic mass is 32.2. The molecule has 1 heterocycles. The molecular weight excluding hydrogens is 246 g/mol. The molecule has 0 unspecified atom stereocenters. The van der Waals surface area contributed by atoms with Gasteiger partial charge in [-0.15, -0.1) is 0 Å². The number of aliphatic hydroxyl groups is 1. The van der Waals surface area contributed by atoms with Gasteiger partial charge in [0.05, 0.1) is 24.9 Å². The molecule has 0 aromatic rings. The van der Waals surface area contributed by atoms with E-state index in [1.54, 1.807) is 6.92 Å². The van der Waals surface area contributed by atoms with Crippen molar-refractivity contribution in [3.8, 4) is 0 Å². The molecule has 1 N–H and O–H groups in total. The summed E-state index contributed by atoms with van der Waals surface area (Å²) in [6.07, 6.45) is 1.60. The van der Waals surface area contributed by atoms with Crippen molar-refractivity contribution in [2.24, 2.45) is 0 Å². The SMILES string of the molecule is CCOC(=O)CC1(O)CCN(S(C)(=O)=O)CC1. The van der Waals surface area contributed by atoms with Crippen molar-refractivity contribution < 1.29 is 23.1 Å². The van der Waals surface area contributed by atoms with Gasteiger partial charge in [0.25, 0.3) is 0 Å². The zero-order valence-corrected chi connectivity index (χ0v) is 11.0. The molecule has 1 rings (SSSR count). The number of esters is 1. The number of sulfonamides is 1. The summed E-state index contributed by atoms with van der Waals surface area (Å²) in [5.74, 6) is -0.442. The summed E-state index contributed by atoms with van der Waals surface area (Å²) in [5.41, 5.74) is -1.13. The van der Waals surface area contributed by atoms with Crippen molar-refractivity contribution in [1.82, 2.24) is 4.31 Å². The average Bonchev–Trinajstić information content (AvgIpc) is 2.16. The fourth-order valence-corrected chi connectivity index (χ4v) is 2.74. The lowest BCUT2D eigenvalue weighted by Crippen LogP contribution is -2.47. The molecule has 1 aliphatic heterocycles. The Hall–Kier alpha value is -0.660. The van der Waals surface area contributed by atoms with E-state index < -0.39 is 21.6 Å². The van der Waals surface area contributed by atoms with Crippen LogP contribution in [0, 0.1) is 0 Å². The topological polar surface area (TPSA) is 83.9 Å². The van der Waals surface area contributed by atoms with E-state index in [1.165, 1.54) is 4.31 Å². The smallest absolute Gasteiger partial charge is 0.308 e. The van der Waals surface area contributed by atoms with E-state index in [1.807, 2.05) is 0 Å². The van der Waals surface area contributed by atoms with Crippen molar-refractivity contribution in [2.45, 2.75) is 31.8 Å². The number of carbonyl (C=O) groups excluding carboxylic acids is 1. The summed E-state index contributed by atoms with van der Waals surface area (Å²) in [5, 5.41) is 10.1. The van der Waals surface area contributed by atoms with Gasteiger partial charge in [0.15, 0.2) is 0 Å². The first-order chi connectivity index (χ1) is 7.77. The van der Waals surface area contributed by atoms with Crippen molar-refractivity contribution in [2.75, 3.05) is 26.0 Å². The van der Waals surface area contributed by atoms with E-state index in [2.05, 4.69) is 0 Å². The molecule has 7 heteroatoms. The van der Waals surface area contributed by atoms with Gasteiger partial charge in [-0.05, 0) is 19.8 Å². The molecule has 100 valence electrons. The number of ether oxygens (including phenoxy) is 1. The van der Waals surface area contributed by atoms with Gasteiger partial charge in [-0.25, -0.2) is 12.7 Å². The van der Waals surface area contributed by atoms with Gasteiger partial charge in [0, 0.05) is 13.1 Å². The van der Waals surface area contributed by atoms with E-state index >= 15 is 0 Å². The Morgan fingerprint density at radius 2 is 1.94 bits per heavy atom. The van der Waals surface area contributed by atoms with Crippen molar-refractivity contribution in [3.63, 3.8) is 0 Å². The first-order valence-electron chi connectivity index (χ1n) is 5.60. The van der Waals surface area contributed by atoms with Crippen LogP contribution in [0.2, 0.25) is 0 Å². The number of rotatable bonds is 4. The Morgan fingerprint density at radius 1 is 1.41 bits per heavy atom. The van der Waals surface area contributed by atoms with Crippen molar-refractivity contribution in [1.29, 1.82) is 0 Å². The summed E-state index contributed by atoms with van der Waals surface area (Å²) >= 11 is 0. The minimum absolute atomic E-state index is 0.0710. The van der Waals surface area contributed by atoms with Gasteiger partial charge in [0.2, 0.25) is 10.0 Å². The molecule has 0 saturated carbocycles. The summed E-state index contributed by atoms with van der Waals surface area (Å²) < 4.78 is 28.6. The van der Waals surface area contributed by atoms with Crippen LogP contribution in [-0.2, 0) is 19.6 Å². The molecule has 0 atom stereocenters. The third-order valence-electron chi connectivity index (χ3n) is 2.90. The zero-order chi connectivity index (χ0) is 13.1. The molecule has 6 nitrogen and oxygen atoms in total. The monoisotopic (exact) mass is 265 g/mol. The van der Waals surface area contributed by atoms with Gasteiger partial charge in [-0.1, -0.05) is 0 Å². The first-order valence-corrected chi connectivity index (χ1v) is 7.45. The van der Waals surface area contributed by atoms with Crippen molar-refractivity contribution >= 4 is 16.0 Å². The molecule has 0 bridgehead atoms. The fourth-order valence-electron chi connectivity index (χ4n) is 1.89. The van der Waals surface area contributed by atoms with Gasteiger partial charge in [-0.2, -0.15) is 0 Å². The normalized spacial score (nSPS) is 21.1. The number of piperidine rings is 1. The highest BCUT2D eigenvalue weighted by Crippen LogP contribution is 2.27. The van der Waals surface area contributed by atoms with Crippen LogP contribution in [0.1, 0.15) is 26.2 Å². The molecule has 1 aliphatic rings. The van der Waals surface area contributed by atoms with Gasteiger partial charge in [0.1, 0.15) is 0 Å². The summed E-state index contributed by atoms with van der Waals surface area (Å²) in [6, 6.07) is 0. The molecule has 17 heavy (non-hydrogen) atoms. The molecule has 0 amide bonds. The number of nitrogens with zero attached hydrogens (tertiary/aromatic N) is 1. The molecule has 0 aromatic heterocycles. The Kier molecular flexibility index (Phi) is 4.51. The molecular formula is C10H19NO5S. The maximum atomic E-state index is 11.3. The maximum absolute atomic E-state index is 11.3. The Labute approximate surface area is 102 Å². The van der Waals surface area contributed by atoms with Gasteiger partial charge < -0.3 is 9.84 Å². The lowest BCUT2D eigenvalue weighted by Gasteiger charge is -2.36. The molecule has 1 saturated heterocycles. The van der Waals surface area contributed by atoms with Crippen LogP contribution in [0.15, 0.2) is 0 Å². The van der Waals surface area contributed by atoms with Crippen LogP contribution in [0.5, 0.6) is 0 Å². The minimum Gasteiger partial charge on any atom is -0.466 e. The second kappa shape index (κ2) is 5.32. The second-order valence-corrected chi connectivity index (χ2v) is 6.35. The third kappa shape index (κ3) is 4.25. The average molecular weight is 265 g/mol. The van der Waals surface area contributed by atoms with Crippen LogP contribution >= 0.6 is 0 Å². The number of hydrogen-bond acceptors (Lipinski definition) is 5. The summed E-state index contributed by atoms with van der Waals surface area (Å²) in [7, 11) is -3.21. The fraction of sp³-hybridized carbons (Fsp3) is 0.900. The van der Waals surface area contributed by atoms with E-state index in [0.717, 1.165) is 6.26 Å². The Bertz CT molecular complexity index is 370. The standard InChI is InChI=1S/C10H19NO5S/c1-3-16-9(12)8-10(13)4-6-11(7-5-10)17(2,14)15/h13H,3-8H2,1-2H3. The lowest BCUT2D eigenvalue weighted by atomic mass is 9.89. The second-order valence-electron chi connectivity index (χ2n) is 4.37. The zero-order valence-electron chi connectivity index (χ0n) is 10.2. The Balaban J connectivity index is 2.52. The predicted octanol–water partition coefficient (Wildman–Crippen LogP) is -0.274. The largest absolute Gasteiger partial charge is 0.466 e. The minimum atomic E-state index is -3.21. The predicted molar refractivity (Wildman–Crippen MR) is 61.9 cm³/mol. The van der Waals surface area contributed by atoms with E-state index in [4.69, 9.17) is 4.74 Å². The Morgan fingerprint density at radius 3 is 2.35 bits per heavy atom. The maximum Gasteiger partial charge on any atom is 0.308 e. The van der Waals surface area contributed by atoms with Crippen LogP contribution in [-0.4, -0.2) is 55.4 Å². The van der Waals surface area contributed by atoms with Gasteiger partial charge >= 0.3 is 5.97 Å². The summed E-state index contributed by atoms with van der Waals surface area (Å²) in [6.45, 7) is 2.47. The van der Waals surface area contributed by atoms with Crippen LogP contribution in [0.3, 0.4) is 0 Å². The van der Waals surface area contributed by atoms with E-state index in [-0.39, 0.29) is 39.0 Å². The molecule has 0 aromatic carbocycles. The molecule has 1 fully saturated rings. The van der Waals surface area contributed by atoms with Crippen LogP contribution in [0.25, 0.3) is 0 Å². The molecule has 0 spiro atoms.